The summed E-state index contributed by atoms with van der Waals surface area (Å²) in [6.07, 6.45) is 0. The van der Waals surface area contributed by atoms with Crippen molar-refractivity contribution in [1.82, 2.24) is 15.3 Å². The first kappa shape index (κ1) is 14.0. The third kappa shape index (κ3) is 2.77. The fourth-order valence-electron chi connectivity index (χ4n) is 2.45. The molecule has 110 valence electrons. The monoisotopic (exact) mass is 303 g/mol. The lowest BCUT2D eigenvalue weighted by atomic mass is 10.1. The molecule has 0 spiro atoms. The molecule has 0 aliphatic rings. The van der Waals surface area contributed by atoms with Crippen LogP contribution in [-0.4, -0.2) is 9.97 Å². The molecule has 0 fully saturated rings. The van der Waals surface area contributed by atoms with E-state index in [-0.39, 0.29) is 11.6 Å². The van der Waals surface area contributed by atoms with Crippen molar-refractivity contribution in [3.63, 3.8) is 0 Å². The summed E-state index contributed by atoms with van der Waals surface area (Å²) in [5, 5.41) is 5.24. The highest BCUT2D eigenvalue weighted by atomic mass is 32.1. The molecule has 6 heteroatoms. The van der Waals surface area contributed by atoms with Crippen LogP contribution in [0.25, 0.3) is 10.2 Å². The van der Waals surface area contributed by atoms with Crippen molar-refractivity contribution in [1.29, 1.82) is 0 Å². The second-order valence-corrected chi connectivity index (χ2v) is 6.03. The molecular weight excluding hydrogens is 286 g/mol. The van der Waals surface area contributed by atoms with Crippen molar-refractivity contribution in [2.45, 2.75) is 33.4 Å². The molecule has 0 saturated carbocycles. The van der Waals surface area contributed by atoms with E-state index in [2.05, 4.69) is 22.2 Å². The first-order valence-corrected chi connectivity index (χ1v) is 7.69. The van der Waals surface area contributed by atoms with E-state index in [1.165, 1.54) is 11.3 Å². The number of aromatic amines is 1. The van der Waals surface area contributed by atoms with Gasteiger partial charge in [0, 0.05) is 11.6 Å². The average Bonchev–Trinajstić information content (AvgIpc) is 3.02. The minimum Gasteiger partial charge on any atom is -0.466 e. The molecule has 0 radical (unpaired) electrons. The highest BCUT2D eigenvalue weighted by molar-refractivity contribution is 7.17. The van der Waals surface area contributed by atoms with Gasteiger partial charge in [-0.2, -0.15) is 0 Å². The minimum absolute atomic E-state index is 0.0743. The van der Waals surface area contributed by atoms with Crippen LogP contribution in [-0.2, 0) is 6.54 Å². The Bertz CT molecular complexity index is 831. The third-order valence-electron chi connectivity index (χ3n) is 3.49. The van der Waals surface area contributed by atoms with E-state index in [4.69, 9.17) is 4.42 Å². The van der Waals surface area contributed by atoms with Crippen molar-refractivity contribution in [2.24, 2.45) is 0 Å². The molecule has 0 aliphatic heterocycles. The van der Waals surface area contributed by atoms with Gasteiger partial charge < -0.3 is 14.7 Å². The van der Waals surface area contributed by atoms with Crippen molar-refractivity contribution >= 4 is 21.6 Å². The molecule has 1 atom stereocenters. The molecule has 0 saturated heterocycles. The van der Waals surface area contributed by atoms with Crippen LogP contribution in [0.4, 0.5) is 0 Å². The van der Waals surface area contributed by atoms with Crippen molar-refractivity contribution < 1.29 is 4.42 Å². The Morgan fingerprint density at radius 1 is 1.48 bits per heavy atom. The average molecular weight is 303 g/mol. The number of nitrogens with zero attached hydrogens (tertiary/aromatic N) is 1. The van der Waals surface area contributed by atoms with Crippen molar-refractivity contribution in [3.05, 3.63) is 50.8 Å². The summed E-state index contributed by atoms with van der Waals surface area (Å²) in [6, 6.07) is 4.03. The van der Waals surface area contributed by atoms with Gasteiger partial charge in [-0.15, -0.1) is 11.3 Å². The topological polar surface area (TPSA) is 70.9 Å². The number of thiophene rings is 1. The second-order valence-electron chi connectivity index (χ2n) is 5.12. The maximum atomic E-state index is 11.9. The number of hydrogen-bond donors (Lipinski definition) is 2. The summed E-state index contributed by atoms with van der Waals surface area (Å²) in [5.74, 6) is 2.47. The molecule has 3 aromatic rings. The first-order valence-electron chi connectivity index (χ1n) is 6.81. The number of furan rings is 1. The van der Waals surface area contributed by atoms with Gasteiger partial charge in [-0.05, 0) is 38.3 Å². The maximum absolute atomic E-state index is 11.9. The SMILES string of the molecule is Cc1cc(C(C)NCc2nc3ccsc3c(=O)[nH]2)c(C)o1. The summed E-state index contributed by atoms with van der Waals surface area (Å²) in [6.45, 7) is 6.47. The molecule has 3 rings (SSSR count). The van der Waals surface area contributed by atoms with Gasteiger partial charge in [0.2, 0.25) is 0 Å². The molecule has 0 bridgehead atoms. The van der Waals surface area contributed by atoms with E-state index in [1.54, 1.807) is 0 Å². The van der Waals surface area contributed by atoms with Gasteiger partial charge in [-0.1, -0.05) is 0 Å². The minimum atomic E-state index is -0.0743. The van der Waals surface area contributed by atoms with Gasteiger partial charge in [-0.3, -0.25) is 4.79 Å². The van der Waals surface area contributed by atoms with E-state index >= 15 is 0 Å². The van der Waals surface area contributed by atoms with Gasteiger partial charge in [0.15, 0.2) is 0 Å². The van der Waals surface area contributed by atoms with Gasteiger partial charge in [0.25, 0.3) is 5.56 Å². The molecule has 21 heavy (non-hydrogen) atoms. The largest absolute Gasteiger partial charge is 0.466 e. The molecule has 3 heterocycles. The zero-order valence-electron chi connectivity index (χ0n) is 12.2. The summed E-state index contributed by atoms with van der Waals surface area (Å²) >= 11 is 1.41. The number of aryl methyl sites for hydroxylation is 2. The van der Waals surface area contributed by atoms with Gasteiger partial charge >= 0.3 is 0 Å². The Labute approximate surface area is 126 Å². The lowest BCUT2D eigenvalue weighted by molar-refractivity contribution is 0.488. The molecule has 1 unspecified atom stereocenters. The van der Waals surface area contributed by atoms with Gasteiger partial charge in [-0.25, -0.2) is 4.98 Å². The number of nitrogens with one attached hydrogen (secondary N) is 2. The van der Waals surface area contributed by atoms with E-state index < -0.39 is 0 Å². The van der Waals surface area contributed by atoms with Gasteiger partial charge in [0.1, 0.15) is 22.0 Å². The van der Waals surface area contributed by atoms with E-state index in [1.807, 2.05) is 31.4 Å². The van der Waals surface area contributed by atoms with E-state index in [9.17, 15) is 4.79 Å². The summed E-state index contributed by atoms with van der Waals surface area (Å²) in [7, 11) is 0. The number of hydrogen-bond acceptors (Lipinski definition) is 5. The van der Waals surface area contributed by atoms with Gasteiger partial charge in [0.05, 0.1) is 12.1 Å². The zero-order chi connectivity index (χ0) is 15.0. The highest BCUT2D eigenvalue weighted by Gasteiger charge is 2.13. The van der Waals surface area contributed by atoms with Crippen molar-refractivity contribution in [3.8, 4) is 0 Å². The molecule has 0 aliphatic carbocycles. The van der Waals surface area contributed by atoms with Crippen LogP contribution in [0.2, 0.25) is 0 Å². The highest BCUT2D eigenvalue weighted by Crippen LogP contribution is 2.21. The van der Waals surface area contributed by atoms with E-state index in [0.717, 1.165) is 22.6 Å². The van der Waals surface area contributed by atoms with Crippen LogP contribution < -0.4 is 10.9 Å². The molecule has 2 N–H and O–H groups in total. The number of aromatic nitrogens is 2. The third-order valence-corrected chi connectivity index (χ3v) is 4.39. The number of H-pyrrole nitrogens is 1. The van der Waals surface area contributed by atoms with Crippen LogP contribution in [0.15, 0.2) is 26.7 Å². The maximum Gasteiger partial charge on any atom is 0.268 e. The van der Waals surface area contributed by atoms with Crippen LogP contribution in [0.3, 0.4) is 0 Å². The number of fused-ring (bicyclic) bond motifs is 1. The Kier molecular flexibility index (Phi) is 3.65. The predicted molar refractivity (Wildman–Crippen MR) is 83.7 cm³/mol. The number of rotatable bonds is 4. The second kappa shape index (κ2) is 5.46. The summed E-state index contributed by atoms with van der Waals surface area (Å²) < 4.78 is 6.22. The standard InChI is InChI=1S/C15H17N3O2S/c1-8-6-11(10(3)20-8)9(2)16-7-13-17-12-4-5-21-14(12)15(19)18-13/h4-6,9,16H,7H2,1-3H3,(H,17,18,19). The first-order chi connectivity index (χ1) is 10.0. The summed E-state index contributed by atoms with van der Waals surface area (Å²) in [4.78, 5) is 19.2. The Morgan fingerprint density at radius 2 is 2.29 bits per heavy atom. The zero-order valence-corrected chi connectivity index (χ0v) is 13.0. The molecule has 0 aromatic carbocycles. The lowest BCUT2D eigenvalue weighted by Gasteiger charge is -2.12. The Hall–Kier alpha value is -1.92. The van der Waals surface area contributed by atoms with Crippen molar-refractivity contribution in [2.75, 3.05) is 0 Å². The quantitative estimate of drug-likeness (QED) is 0.777. The van der Waals surface area contributed by atoms with Crippen LogP contribution in [0, 0.1) is 13.8 Å². The smallest absolute Gasteiger partial charge is 0.268 e. The van der Waals surface area contributed by atoms with Crippen LogP contribution >= 0.6 is 11.3 Å². The predicted octanol–water partition coefficient (Wildman–Crippen LogP) is 3.05. The lowest BCUT2D eigenvalue weighted by Crippen LogP contribution is -2.22. The molecule has 3 aromatic heterocycles. The fraction of sp³-hybridized carbons (Fsp3) is 0.333. The molecule has 0 amide bonds. The molecular formula is C15H17N3O2S. The summed E-state index contributed by atoms with van der Waals surface area (Å²) in [5.41, 5.74) is 1.81. The fourth-order valence-corrected chi connectivity index (χ4v) is 3.17. The molecule has 5 nitrogen and oxygen atoms in total. The Balaban J connectivity index is 1.77. The normalized spacial score (nSPS) is 12.9. The van der Waals surface area contributed by atoms with Crippen LogP contribution in [0.1, 0.15) is 35.9 Å². The van der Waals surface area contributed by atoms with E-state index in [0.29, 0.717) is 17.1 Å². The Morgan fingerprint density at radius 3 is 3.00 bits per heavy atom. The van der Waals surface area contributed by atoms with Crippen LogP contribution in [0.5, 0.6) is 0 Å².